The fraction of sp³-hybridized carbons (Fsp3) is 0.455. The minimum absolute atomic E-state index is 0.0713. The molecule has 90 valence electrons. The molecule has 0 heterocycles. The molecule has 0 amide bonds. The summed E-state index contributed by atoms with van der Waals surface area (Å²) in [6, 6.07) is 1.93. The van der Waals surface area contributed by atoms with Crippen LogP contribution in [-0.4, -0.2) is 21.4 Å². The summed E-state index contributed by atoms with van der Waals surface area (Å²) in [5, 5.41) is 28.7. The van der Waals surface area contributed by atoms with E-state index >= 15 is 0 Å². The van der Waals surface area contributed by atoms with E-state index in [1.807, 2.05) is 13.8 Å². The van der Waals surface area contributed by atoms with Crippen molar-refractivity contribution >= 4 is 11.6 Å². The first-order valence-corrected chi connectivity index (χ1v) is 5.37. The summed E-state index contributed by atoms with van der Waals surface area (Å²) >= 11 is 5.86. The Morgan fingerprint density at radius 1 is 1.19 bits per heavy atom. The van der Waals surface area contributed by atoms with Gasteiger partial charge in [0.25, 0.3) is 0 Å². The van der Waals surface area contributed by atoms with Gasteiger partial charge in [0, 0.05) is 17.7 Å². The van der Waals surface area contributed by atoms with E-state index < -0.39 is 12.1 Å². The predicted octanol–water partition coefficient (Wildman–Crippen LogP) is 1.77. The smallest absolute Gasteiger partial charge is 0.158 e. The van der Waals surface area contributed by atoms with E-state index in [0.29, 0.717) is 5.56 Å². The van der Waals surface area contributed by atoms with E-state index in [2.05, 4.69) is 0 Å². The second-order valence-corrected chi connectivity index (χ2v) is 4.54. The number of halogens is 1. The third-order valence-electron chi connectivity index (χ3n) is 2.55. The van der Waals surface area contributed by atoms with Gasteiger partial charge in [-0.3, -0.25) is 0 Å². The van der Waals surface area contributed by atoms with Crippen molar-refractivity contribution < 1.29 is 15.3 Å². The SMILES string of the molecule is CC(C)C(N)C(O)c1cc(O)c(O)cc1Cl. The molecule has 0 saturated heterocycles. The van der Waals surface area contributed by atoms with Crippen LogP contribution < -0.4 is 5.73 Å². The second kappa shape index (κ2) is 4.91. The predicted molar refractivity (Wildman–Crippen MR) is 62.6 cm³/mol. The molecule has 1 rings (SSSR count). The molecule has 0 aliphatic heterocycles. The topological polar surface area (TPSA) is 86.7 Å². The summed E-state index contributed by atoms with van der Waals surface area (Å²) in [4.78, 5) is 0. The number of benzene rings is 1. The lowest BCUT2D eigenvalue weighted by molar-refractivity contribution is 0.125. The van der Waals surface area contributed by atoms with Gasteiger partial charge in [-0.2, -0.15) is 0 Å². The van der Waals surface area contributed by atoms with Crippen LogP contribution in [0.3, 0.4) is 0 Å². The number of hydrogen-bond donors (Lipinski definition) is 4. The van der Waals surface area contributed by atoms with Crippen LogP contribution in [-0.2, 0) is 0 Å². The Morgan fingerprint density at radius 2 is 1.69 bits per heavy atom. The highest BCUT2D eigenvalue weighted by Gasteiger charge is 2.23. The summed E-state index contributed by atoms with van der Waals surface area (Å²) in [6.07, 6.45) is -0.973. The zero-order valence-corrected chi connectivity index (χ0v) is 9.94. The van der Waals surface area contributed by atoms with E-state index in [9.17, 15) is 15.3 Å². The molecule has 2 unspecified atom stereocenters. The van der Waals surface area contributed by atoms with Crippen molar-refractivity contribution in [2.45, 2.75) is 26.0 Å². The molecule has 1 aromatic carbocycles. The lowest BCUT2D eigenvalue weighted by Crippen LogP contribution is -2.33. The van der Waals surface area contributed by atoms with Gasteiger partial charge in [0.1, 0.15) is 0 Å². The first kappa shape index (κ1) is 13.1. The normalized spacial score (nSPS) is 15.1. The Morgan fingerprint density at radius 3 is 2.19 bits per heavy atom. The van der Waals surface area contributed by atoms with Crippen LogP contribution in [0.1, 0.15) is 25.5 Å². The van der Waals surface area contributed by atoms with Gasteiger partial charge in [0.05, 0.1) is 11.1 Å². The average Bonchev–Trinajstić information content (AvgIpc) is 2.21. The van der Waals surface area contributed by atoms with E-state index in [-0.39, 0.29) is 22.4 Å². The summed E-state index contributed by atoms with van der Waals surface area (Å²) in [5.41, 5.74) is 6.11. The number of hydrogen-bond acceptors (Lipinski definition) is 4. The van der Waals surface area contributed by atoms with Crippen LogP contribution in [0.15, 0.2) is 12.1 Å². The van der Waals surface area contributed by atoms with Crippen molar-refractivity contribution in [3.63, 3.8) is 0 Å². The van der Waals surface area contributed by atoms with Crippen LogP contribution >= 0.6 is 11.6 Å². The summed E-state index contributed by atoms with van der Waals surface area (Å²) in [6.45, 7) is 3.75. The standard InChI is InChI=1S/C11H16ClNO3/c1-5(2)10(13)11(16)6-3-8(14)9(15)4-7(6)12/h3-5,10-11,14-16H,13H2,1-2H3. The number of phenols is 2. The summed E-state index contributed by atoms with van der Waals surface area (Å²) in [5.74, 6) is -0.574. The van der Waals surface area contributed by atoms with Crippen LogP contribution in [0.25, 0.3) is 0 Å². The van der Waals surface area contributed by atoms with E-state index in [4.69, 9.17) is 17.3 Å². The molecule has 1 aromatic rings. The molecule has 0 bridgehead atoms. The van der Waals surface area contributed by atoms with Gasteiger partial charge in [0.2, 0.25) is 0 Å². The number of aliphatic hydroxyl groups excluding tert-OH is 1. The zero-order chi connectivity index (χ0) is 12.5. The number of aliphatic hydroxyl groups is 1. The first-order valence-electron chi connectivity index (χ1n) is 4.99. The minimum atomic E-state index is -0.973. The van der Waals surface area contributed by atoms with E-state index in [1.165, 1.54) is 12.1 Å². The Hall–Kier alpha value is -0.970. The van der Waals surface area contributed by atoms with Crippen molar-refractivity contribution in [3.05, 3.63) is 22.7 Å². The highest BCUT2D eigenvalue weighted by molar-refractivity contribution is 6.31. The quantitative estimate of drug-likeness (QED) is 0.612. The van der Waals surface area contributed by atoms with Gasteiger partial charge < -0.3 is 21.1 Å². The zero-order valence-electron chi connectivity index (χ0n) is 9.18. The molecular formula is C11H16ClNO3. The Bertz CT molecular complexity index is 382. The number of phenolic OH excluding ortho intramolecular Hbond substituents is 2. The van der Waals surface area contributed by atoms with Gasteiger partial charge in [-0.05, 0) is 12.0 Å². The molecule has 0 fully saturated rings. The molecule has 5 heteroatoms. The maximum absolute atomic E-state index is 9.95. The van der Waals surface area contributed by atoms with Crippen molar-refractivity contribution in [2.75, 3.05) is 0 Å². The molecule has 16 heavy (non-hydrogen) atoms. The highest BCUT2D eigenvalue weighted by atomic mass is 35.5. The van der Waals surface area contributed by atoms with Gasteiger partial charge >= 0.3 is 0 Å². The Kier molecular flexibility index (Phi) is 4.02. The number of aromatic hydroxyl groups is 2. The minimum Gasteiger partial charge on any atom is -0.504 e. The van der Waals surface area contributed by atoms with Gasteiger partial charge in [-0.1, -0.05) is 25.4 Å². The summed E-state index contributed by atoms with van der Waals surface area (Å²) < 4.78 is 0. The van der Waals surface area contributed by atoms with Crippen LogP contribution in [0.5, 0.6) is 11.5 Å². The van der Waals surface area contributed by atoms with Crippen molar-refractivity contribution in [3.8, 4) is 11.5 Å². The van der Waals surface area contributed by atoms with Crippen LogP contribution in [0.2, 0.25) is 5.02 Å². The first-order chi connectivity index (χ1) is 7.34. The fourth-order valence-corrected chi connectivity index (χ4v) is 1.64. The highest BCUT2D eigenvalue weighted by Crippen LogP contribution is 2.35. The second-order valence-electron chi connectivity index (χ2n) is 4.13. The molecule has 0 aliphatic carbocycles. The third kappa shape index (κ3) is 2.58. The maximum Gasteiger partial charge on any atom is 0.158 e. The van der Waals surface area contributed by atoms with Crippen molar-refractivity contribution in [2.24, 2.45) is 11.7 Å². The fourth-order valence-electron chi connectivity index (χ4n) is 1.37. The largest absolute Gasteiger partial charge is 0.504 e. The third-order valence-corrected chi connectivity index (χ3v) is 2.87. The molecule has 0 aliphatic rings. The van der Waals surface area contributed by atoms with E-state index in [0.717, 1.165) is 0 Å². The van der Waals surface area contributed by atoms with Crippen LogP contribution in [0, 0.1) is 5.92 Å². The molecule has 2 atom stereocenters. The molecular weight excluding hydrogens is 230 g/mol. The van der Waals surface area contributed by atoms with Gasteiger partial charge in [-0.25, -0.2) is 0 Å². The molecule has 0 radical (unpaired) electrons. The van der Waals surface area contributed by atoms with Crippen LogP contribution in [0.4, 0.5) is 0 Å². The monoisotopic (exact) mass is 245 g/mol. The Balaban J connectivity index is 3.08. The lowest BCUT2D eigenvalue weighted by Gasteiger charge is -2.23. The molecule has 5 N–H and O–H groups in total. The molecule has 0 spiro atoms. The maximum atomic E-state index is 9.95. The molecule has 0 saturated carbocycles. The van der Waals surface area contributed by atoms with Gasteiger partial charge in [0.15, 0.2) is 11.5 Å². The van der Waals surface area contributed by atoms with Crippen molar-refractivity contribution in [1.29, 1.82) is 0 Å². The molecule has 4 nitrogen and oxygen atoms in total. The number of rotatable bonds is 3. The lowest BCUT2D eigenvalue weighted by atomic mass is 9.94. The average molecular weight is 246 g/mol. The van der Waals surface area contributed by atoms with Gasteiger partial charge in [-0.15, -0.1) is 0 Å². The molecule has 0 aromatic heterocycles. The van der Waals surface area contributed by atoms with Crippen molar-refractivity contribution in [1.82, 2.24) is 0 Å². The summed E-state index contributed by atoms with van der Waals surface area (Å²) in [7, 11) is 0. The Labute approximate surface area is 99.3 Å². The number of nitrogens with two attached hydrogens (primary N) is 1. The van der Waals surface area contributed by atoms with E-state index in [1.54, 1.807) is 0 Å².